The molecule has 18 heavy (non-hydrogen) atoms. The normalized spacial score (nSPS) is 10.2. The minimum absolute atomic E-state index is 0.159. The molecule has 92 valence electrons. The van der Waals surface area contributed by atoms with Crippen molar-refractivity contribution in [2.45, 2.75) is 13.8 Å². The Morgan fingerprint density at radius 2 is 2.06 bits per heavy atom. The van der Waals surface area contributed by atoms with Crippen LogP contribution in [0.2, 0.25) is 0 Å². The van der Waals surface area contributed by atoms with Crippen LogP contribution in [0.4, 0.5) is 10.2 Å². The third-order valence-electron chi connectivity index (χ3n) is 2.57. The number of pyridine rings is 1. The zero-order valence-electron chi connectivity index (χ0n) is 10.2. The summed E-state index contributed by atoms with van der Waals surface area (Å²) in [4.78, 5) is 15.0. The van der Waals surface area contributed by atoms with Gasteiger partial charge >= 0.3 is 0 Å². The summed E-state index contributed by atoms with van der Waals surface area (Å²) in [5, 5.41) is 2.60. The Bertz CT molecular complexity index is 579. The smallest absolute Gasteiger partial charge is 0.222 e. The van der Waals surface area contributed by atoms with Crippen molar-refractivity contribution in [3.8, 4) is 11.1 Å². The summed E-state index contributed by atoms with van der Waals surface area (Å²) in [6.45, 7) is 3.28. The van der Waals surface area contributed by atoms with Crippen molar-refractivity contribution >= 4 is 11.7 Å². The maximum Gasteiger partial charge on any atom is 0.222 e. The summed E-state index contributed by atoms with van der Waals surface area (Å²) in [6, 6.07) is 8.19. The molecule has 0 saturated heterocycles. The maximum atomic E-state index is 13.0. The minimum atomic E-state index is -0.251. The molecule has 1 N–H and O–H groups in total. The highest BCUT2D eigenvalue weighted by Crippen LogP contribution is 2.24. The van der Waals surface area contributed by atoms with Crippen LogP contribution >= 0.6 is 0 Å². The molecule has 0 bridgehead atoms. The number of amides is 1. The predicted molar refractivity (Wildman–Crippen MR) is 68.7 cm³/mol. The van der Waals surface area contributed by atoms with Crippen LogP contribution < -0.4 is 5.32 Å². The van der Waals surface area contributed by atoms with Gasteiger partial charge in [-0.2, -0.15) is 0 Å². The number of hydrogen-bond donors (Lipinski definition) is 1. The Morgan fingerprint density at radius 3 is 2.61 bits per heavy atom. The number of nitrogens with zero attached hydrogens (tertiary/aromatic N) is 1. The van der Waals surface area contributed by atoms with Crippen LogP contribution in [0.1, 0.15) is 12.5 Å². The first-order valence-electron chi connectivity index (χ1n) is 5.56. The van der Waals surface area contributed by atoms with Crippen LogP contribution in [0.5, 0.6) is 0 Å². The molecular formula is C14H13FN2O. The summed E-state index contributed by atoms with van der Waals surface area (Å²) in [7, 11) is 0. The number of anilines is 1. The van der Waals surface area contributed by atoms with E-state index >= 15 is 0 Å². The van der Waals surface area contributed by atoms with Crippen molar-refractivity contribution in [2.75, 3.05) is 5.32 Å². The fourth-order valence-electron chi connectivity index (χ4n) is 1.76. The van der Waals surface area contributed by atoms with Crippen LogP contribution in [0, 0.1) is 12.7 Å². The van der Waals surface area contributed by atoms with Gasteiger partial charge in [0.1, 0.15) is 11.6 Å². The monoisotopic (exact) mass is 244 g/mol. The van der Waals surface area contributed by atoms with Crippen LogP contribution in [-0.2, 0) is 4.79 Å². The Kier molecular flexibility index (Phi) is 3.37. The van der Waals surface area contributed by atoms with E-state index in [-0.39, 0.29) is 11.7 Å². The standard InChI is InChI=1S/C14H13FN2O/c1-9-7-12(15)4-5-13(9)11-3-6-14(16-8-11)17-10(2)18/h3-8H,1-2H3,(H,16,17,18). The van der Waals surface area contributed by atoms with Gasteiger partial charge in [0.15, 0.2) is 0 Å². The lowest BCUT2D eigenvalue weighted by molar-refractivity contribution is -0.114. The first-order chi connectivity index (χ1) is 8.56. The van der Waals surface area contributed by atoms with E-state index < -0.39 is 0 Å². The molecule has 2 aromatic rings. The molecule has 4 heteroatoms. The van der Waals surface area contributed by atoms with E-state index in [0.717, 1.165) is 16.7 Å². The molecule has 0 unspecified atom stereocenters. The number of carbonyl (C=O) groups is 1. The number of carbonyl (C=O) groups excluding carboxylic acids is 1. The molecular weight excluding hydrogens is 231 g/mol. The number of benzene rings is 1. The van der Waals surface area contributed by atoms with Gasteiger partial charge in [0.2, 0.25) is 5.91 Å². The van der Waals surface area contributed by atoms with Crippen molar-refractivity contribution < 1.29 is 9.18 Å². The Balaban J connectivity index is 2.31. The molecule has 1 aromatic heterocycles. The molecule has 0 atom stereocenters. The van der Waals surface area contributed by atoms with Gasteiger partial charge < -0.3 is 5.32 Å². The second-order valence-electron chi connectivity index (χ2n) is 4.07. The quantitative estimate of drug-likeness (QED) is 0.881. The van der Waals surface area contributed by atoms with Crippen LogP contribution in [0.25, 0.3) is 11.1 Å². The van der Waals surface area contributed by atoms with E-state index in [1.807, 2.05) is 13.0 Å². The largest absolute Gasteiger partial charge is 0.311 e. The van der Waals surface area contributed by atoms with E-state index in [9.17, 15) is 9.18 Å². The topological polar surface area (TPSA) is 42.0 Å². The zero-order chi connectivity index (χ0) is 13.1. The Hall–Kier alpha value is -2.23. The van der Waals surface area contributed by atoms with Gasteiger partial charge in [-0.15, -0.1) is 0 Å². The summed E-state index contributed by atoms with van der Waals surface area (Å²) >= 11 is 0. The number of aryl methyl sites for hydroxylation is 1. The van der Waals surface area contributed by atoms with E-state index in [0.29, 0.717) is 5.82 Å². The molecule has 0 saturated carbocycles. The first-order valence-corrected chi connectivity index (χ1v) is 5.56. The predicted octanol–water partition coefficient (Wildman–Crippen LogP) is 3.15. The number of rotatable bonds is 2. The van der Waals surface area contributed by atoms with E-state index in [1.54, 1.807) is 18.3 Å². The molecule has 0 aliphatic carbocycles. The summed E-state index contributed by atoms with van der Waals surface area (Å²) in [5.41, 5.74) is 2.67. The van der Waals surface area contributed by atoms with Gasteiger partial charge in [0.05, 0.1) is 0 Å². The van der Waals surface area contributed by atoms with Crippen LogP contribution in [0.15, 0.2) is 36.5 Å². The van der Waals surface area contributed by atoms with E-state index in [1.165, 1.54) is 19.1 Å². The lowest BCUT2D eigenvalue weighted by Gasteiger charge is -2.07. The van der Waals surface area contributed by atoms with Crippen molar-refractivity contribution in [3.05, 3.63) is 47.9 Å². The van der Waals surface area contributed by atoms with Gasteiger partial charge in [0, 0.05) is 18.7 Å². The van der Waals surface area contributed by atoms with Crippen molar-refractivity contribution in [3.63, 3.8) is 0 Å². The Morgan fingerprint density at radius 1 is 1.28 bits per heavy atom. The molecule has 2 rings (SSSR count). The number of nitrogens with one attached hydrogen (secondary N) is 1. The fourth-order valence-corrected chi connectivity index (χ4v) is 1.76. The highest BCUT2D eigenvalue weighted by molar-refractivity contribution is 5.87. The molecule has 3 nitrogen and oxygen atoms in total. The molecule has 1 amide bonds. The van der Waals surface area contributed by atoms with Crippen molar-refractivity contribution in [1.82, 2.24) is 4.98 Å². The SMILES string of the molecule is CC(=O)Nc1ccc(-c2ccc(F)cc2C)cn1. The van der Waals surface area contributed by atoms with Gasteiger partial charge in [-0.25, -0.2) is 9.37 Å². The molecule has 0 aliphatic rings. The average Bonchev–Trinajstić information content (AvgIpc) is 2.30. The van der Waals surface area contributed by atoms with Gasteiger partial charge in [0.25, 0.3) is 0 Å². The Labute approximate surface area is 105 Å². The van der Waals surface area contributed by atoms with E-state index in [4.69, 9.17) is 0 Å². The molecule has 0 radical (unpaired) electrons. The van der Waals surface area contributed by atoms with Gasteiger partial charge in [-0.05, 0) is 42.3 Å². The number of halogens is 1. The fraction of sp³-hybridized carbons (Fsp3) is 0.143. The lowest BCUT2D eigenvalue weighted by atomic mass is 10.0. The van der Waals surface area contributed by atoms with Crippen molar-refractivity contribution in [1.29, 1.82) is 0 Å². The highest BCUT2D eigenvalue weighted by Gasteiger charge is 2.04. The number of aromatic nitrogens is 1. The van der Waals surface area contributed by atoms with Crippen molar-refractivity contribution in [2.24, 2.45) is 0 Å². The third kappa shape index (κ3) is 2.71. The molecule has 1 aromatic carbocycles. The second-order valence-corrected chi connectivity index (χ2v) is 4.07. The lowest BCUT2D eigenvalue weighted by Crippen LogP contribution is -2.06. The third-order valence-corrected chi connectivity index (χ3v) is 2.57. The molecule has 1 heterocycles. The maximum absolute atomic E-state index is 13.0. The van der Waals surface area contributed by atoms with Crippen LogP contribution in [-0.4, -0.2) is 10.9 Å². The minimum Gasteiger partial charge on any atom is -0.311 e. The molecule has 0 fully saturated rings. The van der Waals surface area contributed by atoms with Gasteiger partial charge in [-0.3, -0.25) is 4.79 Å². The summed E-state index contributed by atoms with van der Waals surface area (Å²) < 4.78 is 13.0. The average molecular weight is 244 g/mol. The van der Waals surface area contributed by atoms with E-state index in [2.05, 4.69) is 10.3 Å². The first kappa shape index (κ1) is 12.2. The van der Waals surface area contributed by atoms with Crippen LogP contribution in [0.3, 0.4) is 0 Å². The molecule has 0 aliphatic heterocycles. The highest BCUT2D eigenvalue weighted by atomic mass is 19.1. The number of hydrogen-bond acceptors (Lipinski definition) is 2. The zero-order valence-corrected chi connectivity index (χ0v) is 10.2. The summed E-state index contributed by atoms with van der Waals surface area (Å²) in [5.74, 6) is 0.0957. The van der Waals surface area contributed by atoms with Gasteiger partial charge in [-0.1, -0.05) is 6.07 Å². The summed E-state index contributed by atoms with van der Waals surface area (Å²) in [6.07, 6.45) is 1.66. The molecule has 0 spiro atoms. The second kappa shape index (κ2) is 4.96.